The van der Waals surface area contributed by atoms with Gasteiger partial charge in [-0.2, -0.15) is 0 Å². The first kappa shape index (κ1) is 14.1. The van der Waals surface area contributed by atoms with Gasteiger partial charge in [0.25, 0.3) is 0 Å². The molecule has 2 aromatic carbocycles. The van der Waals surface area contributed by atoms with E-state index in [-0.39, 0.29) is 5.75 Å². The van der Waals surface area contributed by atoms with Crippen molar-refractivity contribution in [3.63, 3.8) is 0 Å². The van der Waals surface area contributed by atoms with Gasteiger partial charge in [0.2, 0.25) is 5.52 Å². The molecule has 0 N–H and O–H groups in total. The Labute approximate surface area is 131 Å². The van der Waals surface area contributed by atoms with E-state index in [0.29, 0.717) is 21.2 Å². The summed E-state index contributed by atoms with van der Waals surface area (Å²) < 4.78 is 21.3. The number of rotatable bonds is 2. The number of benzene rings is 2. The van der Waals surface area contributed by atoms with Crippen LogP contribution in [-0.2, 0) is 7.05 Å². The molecule has 21 heavy (non-hydrogen) atoms. The smallest absolute Gasteiger partial charge is 0.219 e. The summed E-state index contributed by atoms with van der Waals surface area (Å²) in [5.41, 5.74) is 0.807. The number of hydrogen-bond acceptors (Lipinski definition) is 1. The minimum Gasteiger partial charge on any atom is -0.453 e. The van der Waals surface area contributed by atoms with Gasteiger partial charge in [-0.3, -0.25) is 0 Å². The molecule has 1 aromatic heterocycles. The molecule has 3 aromatic rings. The molecular weight excluding hydrogens is 312 g/mol. The van der Waals surface area contributed by atoms with Crippen LogP contribution in [0.2, 0.25) is 10.0 Å². The maximum Gasteiger partial charge on any atom is 0.219 e. The van der Waals surface area contributed by atoms with Crippen molar-refractivity contribution in [2.45, 2.75) is 0 Å². The molecule has 0 aliphatic rings. The van der Waals surface area contributed by atoms with Crippen LogP contribution in [-0.4, -0.2) is 0 Å². The van der Waals surface area contributed by atoms with Gasteiger partial charge in [-0.05, 0) is 18.2 Å². The van der Waals surface area contributed by atoms with Crippen molar-refractivity contribution in [2.24, 2.45) is 7.05 Å². The fraction of sp³-hybridized carbons (Fsp3) is 0.0625. The maximum atomic E-state index is 13.7. The third-order valence-electron chi connectivity index (χ3n) is 3.17. The van der Waals surface area contributed by atoms with E-state index in [2.05, 4.69) is 0 Å². The highest BCUT2D eigenvalue weighted by Gasteiger charge is 2.17. The Hall–Kier alpha value is -1.84. The second-order valence-corrected chi connectivity index (χ2v) is 5.45. The van der Waals surface area contributed by atoms with Gasteiger partial charge in [0, 0.05) is 17.2 Å². The Morgan fingerprint density at radius 3 is 2.57 bits per heavy atom. The van der Waals surface area contributed by atoms with E-state index in [4.69, 9.17) is 27.9 Å². The predicted octanol–water partition coefficient (Wildman–Crippen LogP) is 4.90. The lowest BCUT2D eigenvalue weighted by Gasteiger charge is -2.10. The van der Waals surface area contributed by atoms with Crippen molar-refractivity contribution in [1.29, 1.82) is 0 Å². The number of hydrogen-bond donors (Lipinski definition) is 0. The summed E-state index contributed by atoms with van der Waals surface area (Å²) in [6.45, 7) is 0. The minimum atomic E-state index is -0.427. The zero-order valence-corrected chi connectivity index (χ0v) is 12.6. The van der Waals surface area contributed by atoms with Crippen molar-refractivity contribution >= 4 is 34.1 Å². The summed E-state index contributed by atoms with van der Waals surface area (Å²) in [5.74, 6) is 0.206. The molecular formula is C16H11Cl2FNO+. The minimum absolute atomic E-state index is 0.152. The summed E-state index contributed by atoms with van der Waals surface area (Å²) in [6, 6.07) is 11.4. The second kappa shape index (κ2) is 5.51. The summed E-state index contributed by atoms with van der Waals surface area (Å²) in [5, 5.41) is 1.68. The molecule has 0 bridgehead atoms. The van der Waals surface area contributed by atoms with Gasteiger partial charge in [0.15, 0.2) is 17.8 Å². The molecule has 2 nitrogen and oxygen atoms in total. The van der Waals surface area contributed by atoms with Gasteiger partial charge in [-0.25, -0.2) is 8.96 Å². The first-order valence-electron chi connectivity index (χ1n) is 6.26. The number of nitrogens with zero attached hydrogens (tertiary/aromatic N) is 1. The molecule has 0 fully saturated rings. The molecule has 0 atom stereocenters. The largest absolute Gasteiger partial charge is 0.453 e. The normalized spacial score (nSPS) is 10.9. The topological polar surface area (TPSA) is 13.1 Å². The number of aryl methyl sites for hydroxylation is 1. The Morgan fingerprint density at radius 1 is 1.05 bits per heavy atom. The third-order valence-corrected chi connectivity index (χ3v) is 3.68. The van der Waals surface area contributed by atoms with E-state index in [9.17, 15) is 4.39 Å². The van der Waals surface area contributed by atoms with Crippen LogP contribution < -0.4 is 9.30 Å². The number of fused-ring (bicyclic) bond motifs is 1. The van der Waals surface area contributed by atoms with Crippen LogP contribution in [0.5, 0.6) is 11.5 Å². The fourth-order valence-corrected chi connectivity index (χ4v) is 2.73. The summed E-state index contributed by atoms with van der Waals surface area (Å²) >= 11 is 12.3. The van der Waals surface area contributed by atoms with Gasteiger partial charge in [-0.15, -0.1) is 0 Å². The number of aromatic nitrogens is 1. The molecule has 5 heteroatoms. The first-order valence-corrected chi connectivity index (χ1v) is 7.01. The maximum absolute atomic E-state index is 13.7. The van der Waals surface area contributed by atoms with Crippen LogP contribution in [0.15, 0.2) is 48.7 Å². The Bertz CT molecular complexity index is 836. The molecule has 0 spiro atoms. The van der Waals surface area contributed by atoms with E-state index in [1.54, 1.807) is 36.4 Å². The predicted molar refractivity (Wildman–Crippen MR) is 81.6 cm³/mol. The lowest BCUT2D eigenvalue weighted by Crippen LogP contribution is -2.28. The summed E-state index contributed by atoms with van der Waals surface area (Å²) in [6.07, 6.45) is 1.81. The first-order chi connectivity index (χ1) is 10.1. The van der Waals surface area contributed by atoms with Crippen molar-refractivity contribution in [3.8, 4) is 11.5 Å². The van der Waals surface area contributed by atoms with Crippen molar-refractivity contribution in [1.82, 2.24) is 0 Å². The Balaban J connectivity index is 2.20. The number of para-hydroxylation sites is 1. The van der Waals surface area contributed by atoms with E-state index in [1.165, 1.54) is 6.07 Å². The van der Waals surface area contributed by atoms with Crippen LogP contribution >= 0.6 is 23.2 Å². The molecule has 106 valence electrons. The molecule has 1 heterocycles. The molecule has 0 unspecified atom stereocenters. The zero-order chi connectivity index (χ0) is 15.0. The van der Waals surface area contributed by atoms with Crippen LogP contribution in [0, 0.1) is 5.82 Å². The van der Waals surface area contributed by atoms with Gasteiger partial charge >= 0.3 is 0 Å². The van der Waals surface area contributed by atoms with Gasteiger partial charge in [-0.1, -0.05) is 35.3 Å². The highest BCUT2D eigenvalue weighted by Crippen LogP contribution is 2.35. The van der Waals surface area contributed by atoms with Crippen molar-refractivity contribution in [2.75, 3.05) is 0 Å². The van der Waals surface area contributed by atoms with E-state index in [1.807, 2.05) is 17.8 Å². The van der Waals surface area contributed by atoms with Crippen molar-refractivity contribution in [3.05, 3.63) is 64.5 Å². The quantitative estimate of drug-likeness (QED) is 0.611. The van der Waals surface area contributed by atoms with E-state index in [0.717, 1.165) is 5.52 Å². The van der Waals surface area contributed by atoms with Crippen molar-refractivity contribution < 1.29 is 13.7 Å². The number of ether oxygens (including phenoxy) is 1. The molecule has 0 saturated heterocycles. The average Bonchev–Trinajstić information content (AvgIpc) is 2.44. The second-order valence-electron chi connectivity index (χ2n) is 4.61. The number of halogens is 3. The van der Waals surface area contributed by atoms with Gasteiger partial charge in [0.1, 0.15) is 18.2 Å². The summed E-state index contributed by atoms with van der Waals surface area (Å²) in [7, 11) is 1.88. The van der Waals surface area contributed by atoms with E-state index < -0.39 is 5.82 Å². The van der Waals surface area contributed by atoms with Crippen LogP contribution in [0.1, 0.15) is 0 Å². The standard InChI is InChI=1S/C16H11Cl2FNO/c1-20-7-6-15(21-14-5-3-2-4-12(14)19)16-11(18)8-10(17)9-13(16)20/h2-9H,1H3/q+1. The van der Waals surface area contributed by atoms with E-state index >= 15 is 0 Å². The Kier molecular flexibility index (Phi) is 3.70. The third kappa shape index (κ3) is 2.67. The van der Waals surface area contributed by atoms with Crippen LogP contribution in [0.25, 0.3) is 10.9 Å². The molecule has 0 aliphatic heterocycles. The lowest BCUT2D eigenvalue weighted by molar-refractivity contribution is -0.644. The Morgan fingerprint density at radius 2 is 1.81 bits per heavy atom. The highest BCUT2D eigenvalue weighted by molar-refractivity contribution is 6.38. The SMILES string of the molecule is C[n+]1ccc(Oc2ccccc2F)c2c(Cl)cc(Cl)cc21. The zero-order valence-electron chi connectivity index (χ0n) is 11.1. The lowest BCUT2D eigenvalue weighted by atomic mass is 10.2. The van der Waals surface area contributed by atoms with Gasteiger partial charge < -0.3 is 4.74 Å². The molecule has 0 amide bonds. The molecule has 3 rings (SSSR count). The fourth-order valence-electron chi connectivity index (χ4n) is 2.16. The van der Waals surface area contributed by atoms with Gasteiger partial charge in [0.05, 0.1) is 5.02 Å². The monoisotopic (exact) mass is 322 g/mol. The highest BCUT2D eigenvalue weighted by atomic mass is 35.5. The summed E-state index contributed by atoms with van der Waals surface area (Å²) in [4.78, 5) is 0. The molecule has 0 radical (unpaired) electrons. The van der Waals surface area contributed by atoms with Crippen LogP contribution in [0.4, 0.5) is 4.39 Å². The number of pyridine rings is 1. The molecule has 0 saturated carbocycles. The molecule has 0 aliphatic carbocycles. The van der Waals surface area contributed by atoms with Crippen LogP contribution in [0.3, 0.4) is 0 Å². The average molecular weight is 323 g/mol.